The fraction of sp³-hybridized carbons (Fsp3) is 0.250. The first-order chi connectivity index (χ1) is 9.37. The lowest BCUT2D eigenvalue weighted by atomic mass is 10.3. The van der Waals surface area contributed by atoms with E-state index in [0.717, 1.165) is 12.1 Å². The lowest BCUT2D eigenvalue weighted by Gasteiger charge is -2.11. The summed E-state index contributed by atoms with van der Waals surface area (Å²) in [5, 5.41) is 2.31. The number of halogens is 4. The van der Waals surface area contributed by atoms with Crippen molar-refractivity contribution in [3.05, 3.63) is 33.7 Å². The van der Waals surface area contributed by atoms with Gasteiger partial charge in [0.2, 0.25) is 0 Å². The number of thiazole rings is 1. The van der Waals surface area contributed by atoms with Crippen molar-refractivity contribution in [3.63, 3.8) is 0 Å². The number of hydrogen-bond acceptors (Lipinski definition) is 4. The zero-order valence-electron chi connectivity index (χ0n) is 10.2. The number of aromatic nitrogens is 1. The molecule has 0 atom stereocenters. The van der Waals surface area contributed by atoms with E-state index in [9.17, 15) is 13.2 Å². The largest absolute Gasteiger partial charge is 0.573 e. The van der Waals surface area contributed by atoms with Gasteiger partial charge in [-0.05, 0) is 40.5 Å². The molecule has 0 N–H and O–H groups in total. The van der Waals surface area contributed by atoms with Crippen LogP contribution in [0, 0.1) is 0 Å². The van der Waals surface area contributed by atoms with Crippen molar-refractivity contribution in [2.45, 2.75) is 19.7 Å². The fourth-order valence-corrected chi connectivity index (χ4v) is 2.56. The van der Waals surface area contributed by atoms with Crippen LogP contribution in [0.25, 0.3) is 0 Å². The summed E-state index contributed by atoms with van der Waals surface area (Å²) in [5.41, 5.74) is 0.904. The van der Waals surface area contributed by atoms with Gasteiger partial charge in [-0.1, -0.05) is 18.3 Å². The minimum Gasteiger partial charge on any atom is -0.431 e. The molecule has 0 aliphatic carbocycles. The topological polar surface area (TPSA) is 31.4 Å². The van der Waals surface area contributed by atoms with Crippen molar-refractivity contribution in [1.29, 1.82) is 0 Å². The maximum atomic E-state index is 12.1. The Kier molecular flexibility index (Phi) is 4.54. The third-order valence-electron chi connectivity index (χ3n) is 2.23. The fourth-order valence-electron chi connectivity index (χ4n) is 1.35. The minimum absolute atomic E-state index is 0.152. The van der Waals surface area contributed by atoms with Crippen molar-refractivity contribution < 1.29 is 22.6 Å². The van der Waals surface area contributed by atoms with Crippen LogP contribution in [0.15, 0.2) is 28.1 Å². The molecule has 20 heavy (non-hydrogen) atoms. The van der Waals surface area contributed by atoms with Gasteiger partial charge in [-0.2, -0.15) is 0 Å². The number of benzene rings is 1. The van der Waals surface area contributed by atoms with Crippen molar-refractivity contribution in [2.75, 3.05) is 0 Å². The molecule has 8 heteroatoms. The van der Waals surface area contributed by atoms with E-state index in [1.807, 2.05) is 12.3 Å². The van der Waals surface area contributed by atoms with Gasteiger partial charge in [-0.3, -0.25) is 0 Å². The number of ether oxygens (including phenoxy) is 2. The van der Waals surface area contributed by atoms with E-state index in [1.54, 1.807) is 0 Å². The Morgan fingerprint density at radius 3 is 2.65 bits per heavy atom. The molecule has 0 aliphatic rings. The van der Waals surface area contributed by atoms with Crippen LogP contribution < -0.4 is 9.47 Å². The summed E-state index contributed by atoms with van der Waals surface area (Å²) in [4.78, 5) is 4.21. The molecule has 0 saturated heterocycles. The van der Waals surface area contributed by atoms with E-state index in [0.29, 0.717) is 10.9 Å². The lowest BCUT2D eigenvalue weighted by Crippen LogP contribution is -2.17. The first-order valence-corrected chi connectivity index (χ1v) is 7.22. The van der Waals surface area contributed by atoms with Crippen molar-refractivity contribution in [3.8, 4) is 16.7 Å². The molecular formula is C12H9BrF3NO2S. The average molecular weight is 368 g/mol. The molecule has 0 saturated carbocycles. The Labute approximate surface area is 125 Å². The Morgan fingerprint density at radius 2 is 2.10 bits per heavy atom. The Morgan fingerprint density at radius 1 is 1.35 bits per heavy atom. The zero-order valence-corrected chi connectivity index (χ0v) is 12.6. The molecule has 1 aromatic heterocycles. The summed E-state index contributed by atoms with van der Waals surface area (Å²) in [6.45, 7) is 1.97. The molecule has 3 nitrogen and oxygen atoms in total. The lowest BCUT2D eigenvalue weighted by molar-refractivity contribution is -0.274. The van der Waals surface area contributed by atoms with Gasteiger partial charge >= 0.3 is 6.36 Å². The van der Waals surface area contributed by atoms with Crippen LogP contribution >= 0.6 is 27.3 Å². The van der Waals surface area contributed by atoms with Crippen LogP contribution in [0.2, 0.25) is 0 Å². The highest BCUT2D eigenvalue weighted by Gasteiger charge is 2.32. The predicted octanol–water partition coefficient (Wildman–Crippen LogP) is 5.16. The van der Waals surface area contributed by atoms with Gasteiger partial charge in [0.1, 0.15) is 11.5 Å². The molecule has 0 radical (unpaired) electrons. The van der Waals surface area contributed by atoms with E-state index in [-0.39, 0.29) is 10.2 Å². The number of rotatable bonds is 4. The van der Waals surface area contributed by atoms with Crippen molar-refractivity contribution >= 4 is 27.3 Å². The summed E-state index contributed by atoms with van der Waals surface area (Å²) < 4.78 is 45.8. The first kappa shape index (κ1) is 15.1. The monoisotopic (exact) mass is 367 g/mol. The van der Waals surface area contributed by atoms with Gasteiger partial charge in [0.25, 0.3) is 5.19 Å². The van der Waals surface area contributed by atoms with E-state index in [1.165, 1.54) is 29.5 Å². The molecule has 2 rings (SSSR count). The normalized spacial score (nSPS) is 11.4. The minimum atomic E-state index is -4.73. The van der Waals surface area contributed by atoms with Gasteiger partial charge in [-0.25, -0.2) is 4.98 Å². The van der Waals surface area contributed by atoms with Crippen LogP contribution in [0.5, 0.6) is 16.7 Å². The smallest absolute Gasteiger partial charge is 0.431 e. The molecule has 1 aromatic carbocycles. The maximum Gasteiger partial charge on any atom is 0.573 e. The first-order valence-electron chi connectivity index (χ1n) is 5.55. The molecule has 0 unspecified atom stereocenters. The summed E-state index contributed by atoms with van der Waals surface area (Å²) in [6.07, 6.45) is -3.93. The SMILES string of the molecule is CCc1csc(Oc2ccc(OC(F)(F)F)c(Br)c2)n1. The van der Waals surface area contributed by atoms with Crippen molar-refractivity contribution in [2.24, 2.45) is 0 Å². The van der Waals surface area contributed by atoms with E-state index >= 15 is 0 Å². The molecule has 2 aromatic rings. The summed E-state index contributed by atoms with van der Waals surface area (Å²) in [5.74, 6) is 0.0571. The highest BCUT2D eigenvalue weighted by atomic mass is 79.9. The van der Waals surface area contributed by atoms with Gasteiger partial charge in [0, 0.05) is 5.38 Å². The second-order valence-corrected chi connectivity index (χ2v) is 5.38. The van der Waals surface area contributed by atoms with Gasteiger partial charge < -0.3 is 9.47 Å². The molecule has 108 valence electrons. The van der Waals surface area contributed by atoms with E-state index in [4.69, 9.17) is 4.74 Å². The van der Waals surface area contributed by atoms with E-state index < -0.39 is 6.36 Å². The highest BCUT2D eigenvalue weighted by Crippen LogP contribution is 2.35. The standard InChI is InChI=1S/C12H9BrF3NO2S/c1-2-7-6-20-11(17-7)18-8-3-4-10(9(13)5-8)19-12(14,15)16/h3-6H,2H2,1H3. The quantitative estimate of drug-likeness (QED) is 0.747. The molecule has 0 bridgehead atoms. The van der Waals surface area contributed by atoms with Gasteiger partial charge in [-0.15, -0.1) is 13.2 Å². The average Bonchev–Trinajstić information content (AvgIpc) is 2.79. The second-order valence-electron chi connectivity index (χ2n) is 3.70. The van der Waals surface area contributed by atoms with Crippen molar-refractivity contribution in [1.82, 2.24) is 4.98 Å². The third kappa shape index (κ3) is 4.11. The molecule has 0 aliphatic heterocycles. The van der Waals surface area contributed by atoms with Gasteiger partial charge in [0.15, 0.2) is 0 Å². The van der Waals surface area contributed by atoms with Crippen LogP contribution in [0.3, 0.4) is 0 Å². The number of aryl methyl sites for hydroxylation is 1. The van der Waals surface area contributed by atoms with Crippen LogP contribution in [0.1, 0.15) is 12.6 Å². The van der Waals surface area contributed by atoms with Gasteiger partial charge in [0.05, 0.1) is 10.2 Å². The highest BCUT2D eigenvalue weighted by molar-refractivity contribution is 9.10. The number of hydrogen-bond donors (Lipinski definition) is 0. The van der Waals surface area contributed by atoms with Crippen LogP contribution in [-0.4, -0.2) is 11.3 Å². The van der Waals surface area contributed by atoms with Crippen LogP contribution in [0.4, 0.5) is 13.2 Å². The van der Waals surface area contributed by atoms with Crippen LogP contribution in [-0.2, 0) is 6.42 Å². The number of nitrogens with zero attached hydrogens (tertiary/aromatic N) is 1. The summed E-state index contributed by atoms with van der Waals surface area (Å²) in [6, 6.07) is 3.97. The zero-order chi connectivity index (χ0) is 14.8. The predicted molar refractivity (Wildman–Crippen MR) is 72.4 cm³/mol. The van der Waals surface area contributed by atoms with E-state index in [2.05, 4.69) is 25.7 Å². The Bertz CT molecular complexity index is 601. The maximum absolute atomic E-state index is 12.1. The Hall–Kier alpha value is -1.28. The number of alkyl halides is 3. The molecule has 0 fully saturated rings. The molecule has 0 spiro atoms. The molecule has 0 amide bonds. The molecule has 1 heterocycles. The second kappa shape index (κ2) is 6.01. The summed E-state index contributed by atoms with van der Waals surface area (Å²) in [7, 11) is 0. The summed E-state index contributed by atoms with van der Waals surface area (Å²) >= 11 is 4.34. The third-order valence-corrected chi connectivity index (χ3v) is 3.61. The molecular weight excluding hydrogens is 359 g/mol. The Balaban J connectivity index is 2.12.